The van der Waals surface area contributed by atoms with Gasteiger partial charge < -0.3 is 11.5 Å². The number of nitrogens with two attached hydrogens (primary N) is 2. The molecule has 0 unspecified atom stereocenters. The van der Waals surface area contributed by atoms with Crippen LogP contribution in [0.5, 0.6) is 0 Å². The highest BCUT2D eigenvalue weighted by Crippen LogP contribution is 2.43. The lowest BCUT2D eigenvalue weighted by Gasteiger charge is -2.29. The zero-order valence-electron chi connectivity index (χ0n) is 12.0. The van der Waals surface area contributed by atoms with Crippen molar-refractivity contribution in [3.63, 3.8) is 0 Å². The normalized spacial score (nSPS) is 22.9. The Morgan fingerprint density at radius 2 is 1.68 bits per heavy atom. The monoisotopic (exact) mass is 309 g/mol. The molecular weight excluding hydrogens is 291 g/mol. The van der Waals surface area contributed by atoms with E-state index in [0.29, 0.717) is 24.3 Å². The second-order valence-electron chi connectivity index (χ2n) is 5.96. The molecule has 1 fully saturated rings. The molecule has 1 heterocycles. The maximum atomic E-state index is 12.7. The largest absolute Gasteiger partial charge is 0.398 e. The van der Waals surface area contributed by atoms with Crippen LogP contribution in [0.15, 0.2) is 24.3 Å². The van der Waals surface area contributed by atoms with Crippen molar-refractivity contribution in [2.45, 2.75) is 37.8 Å². The zero-order chi connectivity index (χ0) is 15.9. The first-order chi connectivity index (χ1) is 10.4. The molecule has 22 heavy (non-hydrogen) atoms. The number of halogens is 3. The highest BCUT2D eigenvalue weighted by molar-refractivity contribution is 5.98. The average Bonchev–Trinajstić information content (AvgIpc) is 2.47. The second-order valence-corrected chi connectivity index (χ2v) is 5.96. The van der Waals surface area contributed by atoms with Gasteiger partial charge in [-0.1, -0.05) is 12.1 Å². The number of nitrogens with zero attached hydrogens (tertiary/aromatic N) is 1. The number of hydrogen-bond donors (Lipinski definition) is 2. The van der Waals surface area contributed by atoms with Crippen LogP contribution in [0, 0.1) is 5.92 Å². The van der Waals surface area contributed by atoms with E-state index in [2.05, 4.69) is 4.98 Å². The summed E-state index contributed by atoms with van der Waals surface area (Å²) in [7, 11) is 0. The van der Waals surface area contributed by atoms with Crippen LogP contribution in [0.4, 0.5) is 24.7 Å². The lowest BCUT2D eigenvalue weighted by Crippen LogP contribution is -2.27. The predicted octanol–water partition coefficient (Wildman–Crippen LogP) is 4.24. The van der Waals surface area contributed by atoms with Crippen molar-refractivity contribution in [2.75, 3.05) is 11.5 Å². The minimum absolute atomic E-state index is 0.0184. The van der Waals surface area contributed by atoms with Gasteiger partial charge in [-0.2, -0.15) is 13.2 Å². The number of fused-ring (bicyclic) bond motifs is 1. The molecule has 0 radical (unpaired) electrons. The van der Waals surface area contributed by atoms with E-state index < -0.39 is 12.1 Å². The summed E-state index contributed by atoms with van der Waals surface area (Å²) in [5.41, 5.74) is 13.3. The highest BCUT2D eigenvalue weighted by Gasteiger charge is 2.41. The van der Waals surface area contributed by atoms with Crippen LogP contribution in [0.3, 0.4) is 0 Å². The van der Waals surface area contributed by atoms with Crippen molar-refractivity contribution in [1.82, 2.24) is 4.98 Å². The molecule has 0 amide bonds. The number of alkyl halides is 3. The Bertz CT molecular complexity index is 689. The summed E-state index contributed by atoms with van der Waals surface area (Å²) in [5, 5.41) is 1.61. The Morgan fingerprint density at radius 3 is 2.32 bits per heavy atom. The van der Waals surface area contributed by atoms with Crippen LogP contribution in [-0.4, -0.2) is 11.2 Å². The third-order valence-electron chi connectivity index (χ3n) is 4.57. The smallest absolute Gasteiger partial charge is 0.391 e. The van der Waals surface area contributed by atoms with Gasteiger partial charge in [-0.05, 0) is 37.8 Å². The number of aromatic nitrogens is 1. The molecular formula is C16H18F3N3. The van der Waals surface area contributed by atoms with Crippen molar-refractivity contribution in [3.8, 4) is 0 Å². The number of benzene rings is 1. The molecule has 2 aromatic rings. The molecule has 6 heteroatoms. The standard InChI is InChI=1S/C16H18F3N3/c17-16(18,19)10-6-4-9(5-7-10)14-8-12-11(15(21)22-14)2-1-3-13(12)20/h1-3,8-10H,4-7,20H2,(H2,21,22). The zero-order valence-corrected chi connectivity index (χ0v) is 12.0. The van der Waals surface area contributed by atoms with Gasteiger partial charge in [0.15, 0.2) is 0 Å². The third kappa shape index (κ3) is 2.69. The van der Waals surface area contributed by atoms with E-state index in [9.17, 15) is 13.2 Å². The summed E-state index contributed by atoms with van der Waals surface area (Å²) < 4.78 is 38.2. The van der Waals surface area contributed by atoms with Gasteiger partial charge in [0.25, 0.3) is 0 Å². The van der Waals surface area contributed by atoms with Gasteiger partial charge in [0.1, 0.15) is 5.82 Å². The summed E-state index contributed by atoms with van der Waals surface area (Å²) in [6, 6.07) is 7.31. The van der Waals surface area contributed by atoms with Crippen molar-refractivity contribution in [3.05, 3.63) is 30.0 Å². The first kappa shape index (κ1) is 14.9. The van der Waals surface area contributed by atoms with Crippen molar-refractivity contribution in [1.29, 1.82) is 0 Å². The molecule has 1 aliphatic rings. The molecule has 0 spiro atoms. The molecule has 3 nitrogen and oxygen atoms in total. The van der Waals surface area contributed by atoms with Crippen molar-refractivity contribution >= 4 is 22.3 Å². The second kappa shape index (κ2) is 5.34. The summed E-state index contributed by atoms with van der Waals surface area (Å²) >= 11 is 0. The molecule has 1 aromatic carbocycles. The van der Waals surface area contributed by atoms with Gasteiger partial charge in [-0.3, -0.25) is 0 Å². The highest BCUT2D eigenvalue weighted by atomic mass is 19.4. The number of pyridine rings is 1. The van der Waals surface area contributed by atoms with Gasteiger partial charge in [-0.25, -0.2) is 4.98 Å². The Morgan fingerprint density at radius 1 is 1.00 bits per heavy atom. The van der Waals surface area contributed by atoms with Crippen molar-refractivity contribution < 1.29 is 13.2 Å². The summed E-state index contributed by atoms with van der Waals surface area (Å²) in [6.07, 6.45) is -2.83. The topological polar surface area (TPSA) is 64.9 Å². The van der Waals surface area contributed by atoms with Gasteiger partial charge >= 0.3 is 6.18 Å². The molecule has 1 aliphatic carbocycles. The average molecular weight is 309 g/mol. The van der Waals surface area contributed by atoms with Crippen LogP contribution >= 0.6 is 0 Å². The minimum Gasteiger partial charge on any atom is -0.398 e. The van der Waals surface area contributed by atoms with Crippen LogP contribution in [0.2, 0.25) is 0 Å². The fourth-order valence-corrected chi connectivity index (χ4v) is 3.27. The molecule has 4 N–H and O–H groups in total. The van der Waals surface area contributed by atoms with E-state index in [4.69, 9.17) is 11.5 Å². The molecule has 0 saturated heterocycles. The van der Waals surface area contributed by atoms with Crippen LogP contribution in [-0.2, 0) is 0 Å². The van der Waals surface area contributed by atoms with Crippen molar-refractivity contribution in [2.24, 2.45) is 5.92 Å². The van der Waals surface area contributed by atoms with E-state index in [1.54, 1.807) is 6.07 Å². The summed E-state index contributed by atoms with van der Waals surface area (Å²) in [6.45, 7) is 0. The van der Waals surface area contributed by atoms with E-state index in [-0.39, 0.29) is 18.8 Å². The third-order valence-corrected chi connectivity index (χ3v) is 4.57. The fraction of sp³-hybridized carbons (Fsp3) is 0.438. The van der Waals surface area contributed by atoms with Crippen LogP contribution in [0.1, 0.15) is 37.3 Å². The van der Waals surface area contributed by atoms with Crippen LogP contribution in [0.25, 0.3) is 10.8 Å². The first-order valence-corrected chi connectivity index (χ1v) is 7.37. The van der Waals surface area contributed by atoms with Gasteiger partial charge in [-0.15, -0.1) is 0 Å². The minimum atomic E-state index is -4.09. The quantitative estimate of drug-likeness (QED) is 0.775. The molecule has 1 saturated carbocycles. The number of hydrogen-bond acceptors (Lipinski definition) is 3. The van der Waals surface area contributed by atoms with Gasteiger partial charge in [0.05, 0.1) is 5.92 Å². The molecule has 1 aromatic heterocycles. The lowest BCUT2D eigenvalue weighted by atomic mass is 9.80. The summed E-state index contributed by atoms with van der Waals surface area (Å²) in [4.78, 5) is 4.39. The predicted molar refractivity (Wildman–Crippen MR) is 81.3 cm³/mol. The molecule has 0 bridgehead atoms. The van der Waals surface area contributed by atoms with Gasteiger partial charge in [0, 0.05) is 28.1 Å². The number of nitrogen functional groups attached to an aromatic ring is 2. The summed E-state index contributed by atoms with van der Waals surface area (Å²) in [5.74, 6) is -0.783. The first-order valence-electron chi connectivity index (χ1n) is 7.37. The Labute approximate surface area is 126 Å². The van der Waals surface area contributed by atoms with E-state index >= 15 is 0 Å². The molecule has 0 atom stereocenters. The SMILES string of the molecule is Nc1cccc2c(N)nc(C3CCC(C(F)(F)F)CC3)cc12. The maximum Gasteiger partial charge on any atom is 0.391 e. The number of rotatable bonds is 1. The lowest BCUT2D eigenvalue weighted by molar-refractivity contribution is -0.182. The molecule has 0 aliphatic heterocycles. The Kier molecular flexibility index (Phi) is 3.62. The Hall–Kier alpha value is -1.98. The Balaban J connectivity index is 1.88. The van der Waals surface area contributed by atoms with E-state index in [0.717, 1.165) is 16.5 Å². The fourth-order valence-electron chi connectivity index (χ4n) is 3.27. The van der Waals surface area contributed by atoms with E-state index in [1.807, 2.05) is 18.2 Å². The van der Waals surface area contributed by atoms with Crippen LogP contribution < -0.4 is 11.5 Å². The van der Waals surface area contributed by atoms with Gasteiger partial charge in [0.2, 0.25) is 0 Å². The number of anilines is 2. The van der Waals surface area contributed by atoms with E-state index in [1.165, 1.54) is 0 Å². The maximum absolute atomic E-state index is 12.7. The molecule has 118 valence electrons. The molecule has 3 rings (SSSR count).